The molecule has 0 aromatic heterocycles. The van der Waals surface area contributed by atoms with Gasteiger partial charge in [-0.05, 0) is 54.5 Å². The van der Waals surface area contributed by atoms with Crippen molar-refractivity contribution in [2.75, 3.05) is 34.0 Å². The SMILES string of the molecule is COc1ccc(/C=C/C(=O)O[C@H]2[C@H](OC(C)(CC(=O)O)CC(=O)OC/C=C/c3cc(O)c(O[C@@H]4O[C@H](CO)[C@@H](O)[C@H](O)[C@H]4O)c(OC)c3)O[C@H](CO)[C@@H](O)[C@@H]2O)cc1. The molecule has 2 heterocycles. The molecule has 20 nitrogen and oxygen atoms in total. The van der Waals surface area contributed by atoms with Gasteiger partial charge in [0.1, 0.15) is 55.1 Å². The van der Waals surface area contributed by atoms with Crippen molar-refractivity contribution in [3.63, 3.8) is 0 Å². The van der Waals surface area contributed by atoms with Crippen molar-refractivity contribution in [2.45, 2.75) is 86.8 Å². The first-order valence-corrected chi connectivity index (χ1v) is 17.8. The van der Waals surface area contributed by atoms with Gasteiger partial charge in [-0.25, -0.2) is 4.79 Å². The molecule has 320 valence electrons. The Morgan fingerprint density at radius 2 is 1.43 bits per heavy atom. The van der Waals surface area contributed by atoms with E-state index in [1.807, 2.05) is 0 Å². The number of aliphatic hydroxyl groups is 7. The van der Waals surface area contributed by atoms with Gasteiger partial charge in [-0.3, -0.25) is 9.59 Å². The molecular formula is C38H48O20. The first-order chi connectivity index (χ1) is 27.5. The fraction of sp³-hybridized carbons (Fsp3) is 0.500. The van der Waals surface area contributed by atoms with Gasteiger partial charge >= 0.3 is 17.9 Å². The summed E-state index contributed by atoms with van der Waals surface area (Å²) < 4.78 is 43.3. The van der Waals surface area contributed by atoms with Crippen LogP contribution in [-0.2, 0) is 38.1 Å². The number of ether oxygens (including phenoxy) is 8. The molecule has 0 bridgehead atoms. The Hall–Kier alpha value is -4.87. The first kappa shape index (κ1) is 45.8. The highest BCUT2D eigenvalue weighted by Crippen LogP contribution is 2.40. The maximum Gasteiger partial charge on any atom is 0.331 e. The van der Waals surface area contributed by atoms with E-state index in [0.717, 1.165) is 6.08 Å². The van der Waals surface area contributed by atoms with E-state index < -0.39 is 117 Å². The molecule has 0 radical (unpaired) electrons. The Bertz CT molecular complexity index is 1750. The number of aliphatic carboxylic acids is 1. The lowest BCUT2D eigenvalue weighted by molar-refractivity contribution is -0.326. The summed E-state index contributed by atoms with van der Waals surface area (Å²) in [5.41, 5.74) is -1.03. The van der Waals surface area contributed by atoms with Crippen LogP contribution in [0.5, 0.6) is 23.0 Å². The number of esters is 2. The van der Waals surface area contributed by atoms with Crippen LogP contribution in [-0.4, -0.2) is 165 Å². The standard InChI is InChI=1S/C38H48O20/c1-38(15-26(42)43,58-37-35(32(49)30(47)25(18-40)55-37)56-27(44)11-8-19-6-9-21(51-2)10-7-19)16-28(45)53-12-4-5-20-13-22(41)34(23(14-20)52-3)57-36-33(50)31(48)29(46)24(17-39)54-36/h4-11,13-14,24-25,29-33,35-37,39-41,46-50H,12,15-18H2,1-3H3,(H,42,43)/b5-4+,11-8+/t24-,25-,29-,30-,31+,32+,33-,35-,36+,37+,38?/m1/s1. The minimum atomic E-state index is -1.92. The lowest BCUT2D eigenvalue weighted by Gasteiger charge is -2.44. The van der Waals surface area contributed by atoms with Crippen LogP contribution in [0.3, 0.4) is 0 Å². The second kappa shape index (κ2) is 20.7. The molecule has 0 amide bonds. The molecular weight excluding hydrogens is 776 g/mol. The zero-order chi connectivity index (χ0) is 42.7. The van der Waals surface area contributed by atoms with Gasteiger partial charge in [0.25, 0.3) is 0 Å². The van der Waals surface area contributed by atoms with Gasteiger partial charge in [-0.1, -0.05) is 18.2 Å². The van der Waals surface area contributed by atoms with Gasteiger partial charge in [0.05, 0.1) is 45.9 Å². The van der Waals surface area contributed by atoms with Crippen LogP contribution >= 0.6 is 0 Å². The third kappa shape index (κ3) is 11.9. The Labute approximate surface area is 331 Å². The van der Waals surface area contributed by atoms with E-state index in [0.29, 0.717) is 16.9 Å². The van der Waals surface area contributed by atoms with E-state index in [-0.39, 0.29) is 18.1 Å². The number of rotatable bonds is 18. The highest BCUT2D eigenvalue weighted by Gasteiger charge is 2.50. The second-order valence-corrected chi connectivity index (χ2v) is 13.5. The van der Waals surface area contributed by atoms with Gasteiger partial charge in [0.2, 0.25) is 12.0 Å². The van der Waals surface area contributed by atoms with Gasteiger partial charge in [-0.2, -0.15) is 0 Å². The van der Waals surface area contributed by atoms with Crippen molar-refractivity contribution >= 4 is 30.1 Å². The molecule has 0 aliphatic carbocycles. The molecule has 2 aliphatic heterocycles. The monoisotopic (exact) mass is 824 g/mol. The average molecular weight is 825 g/mol. The summed E-state index contributed by atoms with van der Waals surface area (Å²) in [7, 11) is 2.74. The zero-order valence-electron chi connectivity index (χ0n) is 31.6. The summed E-state index contributed by atoms with van der Waals surface area (Å²) in [6.45, 7) is -0.644. The third-order valence-electron chi connectivity index (χ3n) is 9.06. The summed E-state index contributed by atoms with van der Waals surface area (Å²) in [5, 5.41) is 91.3. The largest absolute Gasteiger partial charge is 0.504 e. The van der Waals surface area contributed by atoms with Crippen LogP contribution in [0.4, 0.5) is 0 Å². The van der Waals surface area contributed by atoms with Crippen molar-refractivity contribution < 1.29 is 98.2 Å². The van der Waals surface area contributed by atoms with E-state index in [9.17, 15) is 60.3 Å². The molecule has 2 aromatic carbocycles. The Balaban J connectivity index is 1.42. The zero-order valence-corrected chi connectivity index (χ0v) is 31.6. The van der Waals surface area contributed by atoms with E-state index in [2.05, 4.69) is 0 Å². The molecule has 0 spiro atoms. The number of phenolic OH excluding ortho intramolecular Hbond substituents is 1. The molecule has 0 saturated carbocycles. The maximum absolute atomic E-state index is 13.0. The molecule has 58 heavy (non-hydrogen) atoms. The lowest BCUT2D eigenvalue weighted by atomic mass is 9.95. The van der Waals surface area contributed by atoms with Crippen molar-refractivity contribution in [3.8, 4) is 23.0 Å². The highest BCUT2D eigenvalue weighted by molar-refractivity contribution is 5.87. The van der Waals surface area contributed by atoms with Crippen LogP contribution in [0.15, 0.2) is 48.6 Å². The van der Waals surface area contributed by atoms with Crippen molar-refractivity contribution in [1.82, 2.24) is 0 Å². The van der Waals surface area contributed by atoms with Crippen LogP contribution in [0.25, 0.3) is 12.2 Å². The molecule has 9 N–H and O–H groups in total. The number of carboxylic acids is 1. The predicted octanol–water partition coefficient (Wildman–Crippen LogP) is -1.15. The number of phenols is 1. The van der Waals surface area contributed by atoms with E-state index in [1.54, 1.807) is 24.3 Å². The fourth-order valence-electron chi connectivity index (χ4n) is 6.01. The second-order valence-electron chi connectivity index (χ2n) is 13.5. The summed E-state index contributed by atoms with van der Waals surface area (Å²) >= 11 is 0. The highest BCUT2D eigenvalue weighted by atomic mass is 16.7. The summed E-state index contributed by atoms with van der Waals surface area (Å²) in [6.07, 6.45) is -12.9. The smallest absolute Gasteiger partial charge is 0.331 e. The number of hydrogen-bond acceptors (Lipinski definition) is 19. The minimum absolute atomic E-state index is 0.0570. The van der Waals surface area contributed by atoms with Crippen molar-refractivity contribution in [1.29, 1.82) is 0 Å². The number of carbonyl (C=O) groups is 3. The summed E-state index contributed by atoms with van der Waals surface area (Å²) in [6, 6.07) is 9.22. The molecule has 2 aromatic rings. The van der Waals surface area contributed by atoms with E-state index >= 15 is 0 Å². The Morgan fingerprint density at radius 1 is 0.793 bits per heavy atom. The van der Waals surface area contributed by atoms with Gasteiger partial charge in [0.15, 0.2) is 23.9 Å². The molecule has 1 unspecified atom stereocenters. The molecule has 4 rings (SSSR count). The molecule has 11 atom stereocenters. The number of hydrogen-bond donors (Lipinski definition) is 9. The number of methoxy groups -OCH3 is 2. The van der Waals surface area contributed by atoms with Crippen LogP contribution < -0.4 is 14.2 Å². The molecule has 20 heteroatoms. The van der Waals surface area contributed by atoms with Gasteiger partial charge < -0.3 is 83.9 Å². The Kier molecular flexibility index (Phi) is 16.4. The number of carbonyl (C=O) groups excluding carboxylic acids is 2. The Morgan fingerprint density at radius 3 is 2.03 bits per heavy atom. The molecule has 2 saturated heterocycles. The third-order valence-corrected chi connectivity index (χ3v) is 9.06. The average Bonchev–Trinajstić information content (AvgIpc) is 3.18. The van der Waals surface area contributed by atoms with Crippen molar-refractivity contribution in [2.24, 2.45) is 0 Å². The summed E-state index contributed by atoms with van der Waals surface area (Å²) in [5.74, 6) is -3.65. The topological polar surface area (TPSA) is 307 Å². The van der Waals surface area contributed by atoms with E-state index in [1.165, 1.54) is 51.5 Å². The minimum Gasteiger partial charge on any atom is -0.504 e. The number of benzene rings is 2. The van der Waals surface area contributed by atoms with E-state index in [4.69, 9.17) is 37.9 Å². The lowest BCUT2D eigenvalue weighted by Crippen LogP contribution is -2.62. The number of aliphatic hydroxyl groups excluding tert-OH is 7. The van der Waals surface area contributed by atoms with Crippen molar-refractivity contribution in [3.05, 3.63) is 59.7 Å². The quantitative estimate of drug-likeness (QED) is 0.0633. The number of aromatic hydroxyl groups is 1. The summed E-state index contributed by atoms with van der Waals surface area (Å²) in [4.78, 5) is 37.7. The molecule has 2 fully saturated rings. The maximum atomic E-state index is 13.0. The van der Waals surface area contributed by atoms with Crippen LogP contribution in [0.1, 0.15) is 30.9 Å². The van der Waals surface area contributed by atoms with Crippen LogP contribution in [0.2, 0.25) is 0 Å². The number of carboxylic acid groups (broad SMARTS) is 1. The van der Waals surface area contributed by atoms with Gasteiger partial charge in [-0.15, -0.1) is 0 Å². The predicted molar refractivity (Wildman–Crippen MR) is 195 cm³/mol. The fourth-order valence-corrected chi connectivity index (χ4v) is 6.01. The van der Waals surface area contributed by atoms with Crippen LogP contribution in [0, 0.1) is 0 Å². The molecule has 2 aliphatic rings. The van der Waals surface area contributed by atoms with Gasteiger partial charge in [0, 0.05) is 6.08 Å². The normalized spacial score (nSPS) is 28.4. The first-order valence-electron chi connectivity index (χ1n) is 17.8.